The van der Waals surface area contributed by atoms with E-state index < -0.39 is 0 Å². The minimum absolute atomic E-state index is 0.0124. The van der Waals surface area contributed by atoms with Gasteiger partial charge in [0.25, 0.3) is 0 Å². The van der Waals surface area contributed by atoms with Gasteiger partial charge in [-0.1, -0.05) is 44.0 Å². The lowest BCUT2D eigenvalue weighted by molar-refractivity contribution is -0.142. The van der Waals surface area contributed by atoms with Crippen molar-refractivity contribution >= 4 is 43.6 Å². The molecule has 98 valence electrons. The van der Waals surface area contributed by atoms with Crippen molar-refractivity contribution in [3.05, 3.63) is 33.8 Å². The van der Waals surface area contributed by atoms with Gasteiger partial charge in [0.2, 0.25) is 0 Å². The maximum atomic E-state index is 11.8. The van der Waals surface area contributed by atoms with Crippen LogP contribution in [0.4, 0.5) is 0 Å². The van der Waals surface area contributed by atoms with Crippen molar-refractivity contribution in [3.8, 4) is 0 Å². The third-order valence-electron chi connectivity index (χ3n) is 2.34. The molecule has 0 aliphatic heterocycles. The molecule has 0 saturated heterocycles. The number of hydrogen-bond acceptors (Lipinski definition) is 3. The van der Waals surface area contributed by atoms with E-state index in [9.17, 15) is 9.59 Å². The molecule has 0 amide bonds. The molecule has 1 unspecified atom stereocenters. The van der Waals surface area contributed by atoms with Crippen LogP contribution in [0.25, 0.3) is 0 Å². The Hall–Kier alpha value is -0.680. The number of benzene rings is 1. The van der Waals surface area contributed by atoms with E-state index in [2.05, 4.69) is 31.9 Å². The maximum absolute atomic E-state index is 11.8. The highest BCUT2D eigenvalue weighted by Gasteiger charge is 2.14. The van der Waals surface area contributed by atoms with Crippen LogP contribution >= 0.6 is 31.9 Å². The normalized spacial score (nSPS) is 12.0. The quantitative estimate of drug-likeness (QED) is 0.448. The molecule has 0 spiro atoms. The monoisotopic (exact) mass is 376 g/mol. The van der Waals surface area contributed by atoms with E-state index in [1.165, 1.54) is 0 Å². The number of hydrogen-bond donors (Lipinski definition) is 0. The summed E-state index contributed by atoms with van der Waals surface area (Å²) >= 11 is 6.61. The van der Waals surface area contributed by atoms with Crippen LogP contribution in [0.15, 0.2) is 22.7 Å². The summed E-state index contributed by atoms with van der Waals surface area (Å²) in [4.78, 5) is 22.9. The number of carbonyl (C=O) groups excluding carboxylic acids is 2. The Labute approximate surface area is 123 Å². The highest BCUT2D eigenvalue weighted by atomic mass is 79.9. The molecule has 0 radical (unpaired) electrons. The van der Waals surface area contributed by atoms with Crippen molar-refractivity contribution in [2.24, 2.45) is 0 Å². The molecule has 0 heterocycles. The predicted molar refractivity (Wildman–Crippen MR) is 77.2 cm³/mol. The SMILES string of the molecule is CCOC(=O)Cc1ccc(C(=O)C(C)Br)cc1Br. The standard InChI is InChI=1S/C13H14Br2O3/c1-3-18-12(16)7-9-4-5-10(6-11(9)15)13(17)8(2)14/h4-6,8H,3,7H2,1-2H3. The van der Waals surface area contributed by atoms with Crippen molar-refractivity contribution in [1.82, 2.24) is 0 Å². The fraction of sp³-hybridized carbons (Fsp3) is 0.385. The summed E-state index contributed by atoms with van der Waals surface area (Å²) in [5.41, 5.74) is 1.42. The first-order valence-corrected chi connectivity index (χ1v) is 7.29. The van der Waals surface area contributed by atoms with Crippen molar-refractivity contribution in [2.45, 2.75) is 25.1 Å². The molecule has 0 aliphatic carbocycles. The third kappa shape index (κ3) is 4.21. The lowest BCUT2D eigenvalue weighted by atomic mass is 10.1. The molecule has 0 fully saturated rings. The van der Waals surface area contributed by atoms with Crippen LogP contribution in [-0.4, -0.2) is 23.2 Å². The number of Topliss-reactive ketones (excluding diaryl/α,β-unsaturated/α-hetero) is 1. The molecule has 3 nitrogen and oxygen atoms in total. The molecule has 0 aromatic heterocycles. The smallest absolute Gasteiger partial charge is 0.310 e. The second kappa shape index (κ2) is 7.04. The lowest BCUT2D eigenvalue weighted by Gasteiger charge is -2.08. The number of alkyl halides is 1. The molecule has 1 aromatic carbocycles. The average Bonchev–Trinajstić information content (AvgIpc) is 2.31. The zero-order valence-electron chi connectivity index (χ0n) is 10.2. The van der Waals surface area contributed by atoms with E-state index in [0.29, 0.717) is 12.2 Å². The first kappa shape index (κ1) is 15.4. The van der Waals surface area contributed by atoms with E-state index in [0.717, 1.165) is 10.0 Å². The van der Waals surface area contributed by atoms with E-state index in [1.807, 2.05) is 0 Å². The first-order valence-electron chi connectivity index (χ1n) is 5.58. The zero-order valence-corrected chi connectivity index (χ0v) is 13.4. The fourth-order valence-electron chi connectivity index (χ4n) is 1.44. The molecule has 1 aromatic rings. The van der Waals surface area contributed by atoms with Gasteiger partial charge in [-0.2, -0.15) is 0 Å². The van der Waals surface area contributed by atoms with Gasteiger partial charge in [0.1, 0.15) is 0 Å². The summed E-state index contributed by atoms with van der Waals surface area (Å²) in [6.45, 7) is 3.92. The fourth-order valence-corrected chi connectivity index (χ4v) is 2.22. The summed E-state index contributed by atoms with van der Waals surface area (Å²) in [6.07, 6.45) is 0.201. The Morgan fingerprint density at radius 2 is 2.06 bits per heavy atom. The second-order valence-corrected chi connectivity index (χ2v) is 6.00. The molecule has 5 heteroatoms. The van der Waals surface area contributed by atoms with Crippen LogP contribution in [0.5, 0.6) is 0 Å². The van der Waals surface area contributed by atoms with Gasteiger partial charge in [-0.25, -0.2) is 0 Å². The molecular formula is C13H14Br2O3. The Balaban J connectivity index is 2.86. The first-order chi connectivity index (χ1) is 8.45. The lowest BCUT2D eigenvalue weighted by Crippen LogP contribution is -2.11. The molecule has 1 atom stereocenters. The minimum atomic E-state index is -0.272. The summed E-state index contributed by atoms with van der Waals surface area (Å²) < 4.78 is 5.63. The molecule has 18 heavy (non-hydrogen) atoms. The Morgan fingerprint density at radius 3 is 2.56 bits per heavy atom. The molecule has 1 rings (SSSR count). The highest BCUT2D eigenvalue weighted by Crippen LogP contribution is 2.21. The van der Waals surface area contributed by atoms with E-state index in [1.54, 1.807) is 32.0 Å². The molecular weight excluding hydrogens is 364 g/mol. The van der Waals surface area contributed by atoms with Crippen LogP contribution < -0.4 is 0 Å². The third-order valence-corrected chi connectivity index (χ3v) is 3.49. The summed E-state index contributed by atoms with van der Waals surface area (Å²) in [7, 11) is 0. The van der Waals surface area contributed by atoms with Crippen LogP contribution in [0.1, 0.15) is 29.8 Å². The number of ether oxygens (including phenoxy) is 1. The van der Waals surface area contributed by atoms with Gasteiger partial charge in [0.05, 0.1) is 17.9 Å². The number of esters is 1. The summed E-state index contributed by atoms with van der Waals surface area (Å²) in [5, 5.41) is 0. The van der Waals surface area contributed by atoms with Gasteiger partial charge < -0.3 is 4.74 Å². The van der Waals surface area contributed by atoms with Gasteiger partial charge in [-0.05, 0) is 25.5 Å². The van der Waals surface area contributed by atoms with E-state index in [4.69, 9.17) is 4.74 Å². The van der Waals surface area contributed by atoms with Crippen LogP contribution in [0.2, 0.25) is 0 Å². The number of ketones is 1. The van der Waals surface area contributed by atoms with Crippen LogP contribution in [0.3, 0.4) is 0 Å². The van der Waals surface area contributed by atoms with Gasteiger partial charge >= 0.3 is 5.97 Å². The zero-order chi connectivity index (χ0) is 13.7. The van der Waals surface area contributed by atoms with Crippen LogP contribution in [0, 0.1) is 0 Å². The molecule has 0 bridgehead atoms. The molecule has 0 N–H and O–H groups in total. The van der Waals surface area contributed by atoms with Gasteiger partial charge in [0, 0.05) is 10.0 Å². The number of carbonyl (C=O) groups is 2. The maximum Gasteiger partial charge on any atom is 0.310 e. The largest absolute Gasteiger partial charge is 0.466 e. The van der Waals surface area contributed by atoms with Crippen molar-refractivity contribution in [3.63, 3.8) is 0 Å². The van der Waals surface area contributed by atoms with Crippen molar-refractivity contribution in [2.75, 3.05) is 6.61 Å². The van der Waals surface area contributed by atoms with Gasteiger partial charge in [0.15, 0.2) is 5.78 Å². The van der Waals surface area contributed by atoms with E-state index >= 15 is 0 Å². The van der Waals surface area contributed by atoms with Crippen LogP contribution in [-0.2, 0) is 16.0 Å². The number of rotatable bonds is 5. The number of halogens is 2. The topological polar surface area (TPSA) is 43.4 Å². The van der Waals surface area contributed by atoms with Gasteiger partial charge in [-0.3, -0.25) is 9.59 Å². The predicted octanol–water partition coefficient (Wildman–Crippen LogP) is 3.52. The Bertz CT molecular complexity index is 456. The summed E-state index contributed by atoms with van der Waals surface area (Å²) in [5.74, 6) is -0.260. The highest BCUT2D eigenvalue weighted by molar-refractivity contribution is 9.10. The van der Waals surface area contributed by atoms with Crippen molar-refractivity contribution in [1.29, 1.82) is 0 Å². The summed E-state index contributed by atoms with van der Waals surface area (Å²) in [6, 6.07) is 5.22. The van der Waals surface area contributed by atoms with E-state index in [-0.39, 0.29) is 23.0 Å². The molecule has 0 aliphatic rings. The molecule has 0 saturated carbocycles. The Morgan fingerprint density at radius 1 is 1.39 bits per heavy atom. The second-order valence-electron chi connectivity index (χ2n) is 3.77. The minimum Gasteiger partial charge on any atom is -0.466 e. The van der Waals surface area contributed by atoms with Crippen molar-refractivity contribution < 1.29 is 14.3 Å². The Kier molecular flexibility index (Phi) is 6.02. The average molecular weight is 378 g/mol. The van der Waals surface area contributed by atoms with Gasteiger partial charge in [-0.15, -0.1) is 0 Å².